The van der Waals surface area contributed by atoms with Crippen LogP contribution in [0.4, 0.5) is 5.69 Å². The third-order valence-corrected chi connectivity index (χ3v) is 3.56. The summed E-state index contributed by atoms with van der Waals surface area (Å²) in [7, 11) is 1.51. The largest absolute Gasteiger partial charge is 0.493 e. The Kier molecular flexibility index (Phi) is 4.65. The molecule has 0 saturated heterocycles. The maximum Gasteiger partial charge on any atom is 0.323 e. The molecule has 0 spiro atoms. The molecule has 0 atom stereocenters. The molecule has 1 aromatic heterocycles. The number of methoxy groups -OCH3 is 1. The van der Waals surface area contributed by atoms with Crippen LogP contribution in [-0.4, -0.2) is 29.3 Å². The van der Waals surface area contributed by atoms with Crippen LogP contribution in [0, 0.1) is 0 Å². The number of nitrogens with zero attached hydrogens (tertiary/aromatic N) is 1. The molecule has 7 heteroatoms. The van der Waals surface area contributed by atoms with E-state index in [2.05, 4.69) is 15.0 Å². The van der Waals surface area contributed by atoms with Gasteiger partial charge in [0, 0.05) is 12.6 Å². The Morgan fingerprint density at radius 3 is 2.68 bits per heavy atom. The first kappa shape index (κ1) is 16.5. The third-order valence-electron chi connectivity index (χ3n) is 3.56. The first-order valence-corrected chi connectivity index (χ1v) is 7.74. The van der Waals surface area contributed by atoms with E-state index in [1.54, 1.807) is 49.5 Å². The summed E-state index contributed by atoms with van der Waals surface area (Å²) >= 11 is 0. The van der Waals surface area contributed by atoms with Crippen molar-refractivity contribution in [3.63, 3.8) is 0 Å². The Labute approximate surface area is 143 Å². The number of carbonyl (C=O) groups excluding carboxylic acids is 1. The maximum atomic E-state index is 11.4. The van der Waals surface area contributed by atoms with Crippen molar-refractivity contribution >= 4 is 28.9 Å². The fourth-order valence-corrected chi connectivity index (χ4v) is 2.29. The number of carbonyl (C=O) groups is 1. The van der Waals surface area contributed by atoms with E-state index in [1.807, 2.05) is 0 Å². The van der Waals surface area contributed by atoms with Gasteiger partial charge in [-0.3, -0.25) is 9.79 Å². The highest BCUT2D eigenvalue weighted by Gasteiger charge is 2.09. The lowest BCUT2D eigenvalue weighted by molar-refractivity contribution is -0.134. The fraction of sp³-hybridized carbons (Fsp3) is 0.167. The Bertz CT molecular complexity index is 1000. The molecule has 0 amide bonds. The predicted molar refractivity (Wildman–Crippen MR) is 95.1 cm³/mol. The van der Waals surface area contributed by atoms with Crippen molar-refractivity contribution in [2.24, 2.45) is 4.99 Å². The number of aromatic amines is 2. The molecule has 2 N–H and O–H groups in total. The van der Waals surface area contributed by atoms with Crippen LogP contribution in [-0.2, 0) is 4.79 Å². The van der Waals surface area contributed by atoms with Gasteiger partial charge in [0.1, 0.15) is 0 Å². The normalized spacial score (nSPS) is 11.1. The molecule has 3 rings (SSSR count). The van der Waals surface area contributed by atoms with Crippen LogP contribution in [0.5, 0.6) is 11.5 Å². The minimum Gasteiger partial charge on any atom is -0.493 e. The third kappa shape index (κ3) is 3.77. The van der Waals surface area contributed by atoms with Gasteiger partial charge in [-0.05, 0) is 42.0 Å². The predicted octanol–water partition coefficient (Wildman–Crippen LogP) is 2.93. The summed E-state index contributed by atoms with van der Waals surface area (Å²) < 4.78 is 10.5. The molecule has 1 heterocycles. The molecular formula is C18H17N3O4. The molecule has 0 fully saturated rings. The highest BCUT2D eigenvalue weighted by molar-refractivity contribution is 5.85. The molecule has 0 aliphatic carbocycles. The van der Waals surface area contributed by atoms with E-state index in [9.17, 15) is 9.59 Å². The summed E-state index contributed by atoms with van der Waals surface area (Å²) in [4.78, 5) is 32.5. The molecule has 3 aromatic rings. The molecule has 0 aliphatic rings. The number of ether oxygens (including phenoxy) is 2. The van der Waals surface area contributed by atoms with Crippen LogP contribution in [0.1, 0.15) is 18.9 Å². The summed E-state index contributed by atoms with van der Waals surface area (Å²) in [5.41, 5.74) is 2.66. The SMILES string of the molecule is CCC(=O)Oc1ccc(C=Nc2ccc3[nH]c(=O)[nH]c3c2)cc1OC. The molecule has 0 aliphatic heterocycles. The lowest BCUT2D eigenvalue weighted by Gasteiger charge is -2.09. The molecule has 7 nitrogen and oxygen atoms in total. The van der Waals surface area contributed by atoms with Crippen LogP contribution < -0.4 is 15.2 Å². The monoisotopic (exact) mass is 339 g/mol. The van der Waals surface area contributed by atoms with Crippen LogP contribution >= 0.6 is 0 Å². The highest BCUT2D eigenvalue weighted by atomic mass is 16.6. The summed E-state index contributed by atoms with van der Waals surface area (Å²) in [5, 5.41) is 0. The van der Waals surface area contributed by atoms with Crippen LogP contribution in [0.2, 0.25) is 0 Å². The van der Waals surface area contributed by atoms with Gasteiger partial charge in [0.15, 0.2) is 11.5 Å². The van der Waals surface area contributed by atoms with Crippen molar-refractivity contribution in [2.45, 2.75) is 13.3 Å². The number of hydrogen-bond acceptors (Lipinski definition) is 5. The Balaban J connectivity index is 1.84. The number of esters is 1. The molecule has 25 heavy (non-hydrogen) atoms. The van der Waals surface area contributed by atoms with Gasteiger partial charge < -0.3 is 19.4 Å². The van der Waals surface area contributed by atoms with E-state index >= 15 is 0 Å². The lowest BCUT2D eigenvalue weighted by atomic mass is 10.2. The van der Waals surface area contributed by atoms with E-state index in [-0.39, 0.29) is 18.1 Å². The fourth-order valence-electron chi connectivity index (χ4n) is 2.29. The summed E-state index contributed by atoms with van der Waals surface area (Å²) in [6.45, 7) is 1.73. The molecule has 0 radical (unpaired) electrons. The highest BCUT2D eigenvalue weighted by Crippen LogP contribution is 2.28. The smallest absolute Gasteiger partial charge is 0.323 e. The Morgan fingerprint density at radius 2 is 1.92 bits per heavy atom. The zero-order valence-electron chi connectivity index (χ0n) is 13.8. The number of aliphatic imine (C=N–C) groups is 1. The van der Waals surface area contributed by atoms with E-state index in [0.717, 1.165) is 11.1 Å². The van der Waals surface area contributed by atoms with Gasteiger partial charge in [-0.15, -0.1) is 0 Å². The second kappa shape index (κ2) is 7.04. The number of hydrogen-bond donors (Lipinski definition) is 2. The second-order valence-corrected chi connectivity index (χ2v) is 5.31. The van der Waals surface area contributed by atoms with Crippen molar-refractivity contribution in [3.8, 4) is 11.5 Å². The topological polar surface area (TPSA) is 96.5 Å². The number of H-pyrrole nitrogens is 2. The summed E-state index contributed by atoms with van der Waals surface area (Å²) in [5.74, 6) is 0.502. The molecular weight excluding hydrogens is 322 g/mol. The first-order chi connectivity index (χ1) is 12.1. The van der Waals surface area contributed by atoms with Crippen LogP contribution in [0.15, 0.2) is 46.2 Å². The molecule has 128 valence electrons. The van der Waals surface area contributed by atoms with Crippen molar-refractivity contribution in [1.29, 1.82) is 0 Å². The average Bonchev–Trinajstić information content (AvgIpc) is 2.99. The summed E-state index contributed by atoms with van der Waals surface area (Å²) in [6.07, 6.45) is 1.95. The van der Waals surface area contributed by atoms with Crippen molar-refractivity contribution in [2.75, 3.05) is 7.11 Å². The minimum absolute atomic E-state index is 0.252. The number of benzene rings is 2. The van der Waals surface area contributed by atoms with Crippen LogP contribution in [0.3, 0.4) is 0 Å². The molecule has 0 bridgehead atoms. The van der Waals surface area contributed by atoms with Gasteiger partial charge in [0.05, 0.1) is 23.8 Å². The van der Waals surface area contributed by atoms with Gasteiger partial charge in [-0.2, -0.15) is 0 Å². The van der Waals surface area contributed by atoms with Gasteiger partial charge >= 0.3 is 11.7 Å². The quantitative estimate of drug-likeness (QED) is 0.424. The molecule has 2 aromatic carbocycles. The van der Waals surface area contributed by atoms with Gasteiger partial charge in [0.25, 0.3) is 0 Å². The van der Waals surface area contributed by atoms with Gasteiger partial charge in [-0.25, -0.2) is 4.79 Å². The maximum absolute atomic E-state index is 11.4. The van der Waals surface area contributed by atoms with Gasteiger partial charge in [0.2, 0.25) is 0 Å². The lowest BCUT2D eigenvalue weighted by Crippen LogP contribution is -2.06. The van der Waals surface area contributed by atoms with Crippen LogP contribution in [0.25, 0.3) is 11.0 Å². The standard InChI is InChI=1S/C18H17N3O4/c1-3-17(22)25-15-7-4-11(8-16(15)24-2)10-19-12-5-6-13-14(9-12)21-18(23)20-13/h4-10H,3H2,1-2H3,(H2,20,21,23). The van der Waals surface area contributed by atoms with E-state index in [1.165, 1.54) is 7.11 Å². The number of nitrogens with one attached hydrogen (secondary N) is 2. The Hall–Kier alpha value is -3.35. The Morgan fingerprint density at radius 1 is 1.12 bits per heavy atom. The minimum atomic E-state index is -0.325. The van der Waals surface area contributed by atoms with Crippen molar-refractivity contribution < 1.29 is 14.3 Å². The van der Waals surface area contributed by atoms with Crippen molar-refractivity contribution in [3.05, 3.63) is 52.4 Å². The molecule has 0 unspecified atom stereocenters. The molecule has 0 saturated carbocycles. The second-order valence-electron chi connectivity index (χ2n) is 5.31. The number of fused-ring (bicyclic) bond motifs is 1. The first-order valence-electron chi connectivity index (χ1n) is 7.74. The van der Waals surface area contributed by atoms with E-state index in [0.29, 0.717) is 22.7 Å². The number of imidazole rings is 1. The zero-order valence-corrected chi connectivity index (χ0v) is 13.8. The van der Waals surface area contributed by atoms with Crippen molar-refractivity contribution in [1.82, 2.24) is 9.97 Å². The van der Waals surface area contributed by atoms with E-state index in [4.69, 9.17) is 9.47 Å². The van der Waals surface area contributed by atoms with Gasteiger partial charge in [-0.1, -0.05) is 6.92 Å². The van der Waals surface area contributed by atoms with E-state index < -0.39 is 0 Å². The zero-order chi connectivity index (χ0) is 17.8. The number of aromatic nitrogens is 2. The number of rotatable bonds is 5. The summed E-state index contributed by atoms with van der Waals surface area (Å²) in [6, 6.07) is 10.5. The average molecular weight is 339 g/mol.